The number of hydrogen-bond acceptors (Lipinski definition) is 3. The minimum atomic E-state index is 0.145. The summed E-state index contributed by atoms with van der Waals surface area (Å²) in [5.41, 5.74) is 0.955. The molecule has 0 N–H and O–H groups in total. The van der Waals surface area contributed by atoms with E-state index in [2.05, 4.69) is 18.8 Å². The van der Waals surface area contributed by atoms with Gasteiger partial charge in [0.2, 0.25) is 0 Å². The molecule has 0 radical (unpaired) electrons. The highest BCUT2D eigenvalue weighted by Crippen LogP contribution is 2.12. The van der Waals surface area contributed by atoms with Crippen LogP contribution in [0.15, 0.2) is 24.3 Å². The summed E-state index contributed by atoms with van der Waals surface area (Å²) in [4.78, 5) is 10.7. The first-order valence-corrected chi connectivity index (χ1v) is 7.06. The second-order valence-corrected chi connectivity index (χ2v) is 5.04. The van der Waals surface area contributed by atoms with Crippen molar-refractivity contribution in [1.29, 1.82) is 0 Å². The average Bonchev–Trinajstić information content (AvgIpc) is 2.36. The van der Waals surface area contributed by atoms with Gasteiger partial charge in [-0.1, -0.05) is 36.6 Å². The molecule has 0 saturated heterocycles. The number of thioether (sulfide) groups is 1. The number of ether oxygens (including phenoxy) is 1. The topological polar surface area (TPSA) is 26.3 Å². The fourth-order valence-corrected chi connectivity index (χ4v) is 1.79. The second-order valence-electron chi connectivity index (χ2n) is 3.77. The number of carbonyl (C=O) groups is 1. The SMILES string of the molecule is CCCOc1cccc(C#CCCSC(C)=O)c1. The van der Waals surface area contributed by atoms with Crippen molar-refractivity contribution in [2.45, 2.75) is 26.7 Å². The fourth-order valence-electron chi connectivity index (χ4n) is 1.29. The third-order valence-electron chi connectivity index (χ3n) is 2.07. The van der Waals surface area contributed by atoms with E-state index in [-0.39, 0.29) is 5.12 Å². The van der Waals surface area contributed by atoms with Crippen LogP contribution in [0.1, 0.15) is 32.3 Å². The van der Waals surface area contributed by atoms with Crippen molar-refractivity contribution in [2.24, 2.45) is 0 Å². The Morgan fingerprint density at radius 1 is 1.44 bits per heavy atom. The minimum Gasteiger partial charge on any atom is -0.494 e. The lowest BCUT2D eigenvalue weighted by Crippen LogP contribution is -1.94. The Hall–Kier alpha value is -1.40. The van der Waals surface area contributed by atoms with E-state index in [1.54, 1.807) is 6.92 Å². The molecule has 0 bridgehead atoms. The van der Waals surface area contributed by atoms with Gasteiger partial charge in [0.05, 0.1) is 6.61 Å². The largest absolute Gasteiger partial charge is 0.494 e. The molecule has 0 amide bonds. The molecule has 0 saturated carbocycles. The van der Waals surface area contributed by atoms with Crippen LogP contribution in [0.3, 0.4) is 0 Å². The van der Waals surface area contributed by atoms with Gasteiger partial charge in [-0.05, 0) is 24.6 Å². The molecule has 0 heterocycles. The molecule has 2 nitrogen and oxygen atoms in total. The van der Waals surface area contributed by atoms with Crippen LogP contribution >= 0.6 is 11.8 Å². The summed E-state index contributed by atoms with van der Waals surface area (Å²) in [7, 11) is 0. The van der Waals surface area contributed by atoms with E-state index < -0.39 is 0 Å². The first-order chi connectivity index (χ1) is 8.72. The van der Waals surface area contributed by atoms with Crippen molar-refractivity contribution in [3.63, 3.8) is 0 Å². The molecule has 0 aliphatic heterocycles. The lowest BCUT2D eigenvalue weighted by atomic mass is 10.2. The van der Waals surface area contributed by atoms with Crippen LogP contribution in [-0.2, 0) is 4.79 Å². The van der Waals surface area contributed by atoms with Gasteiger partial charge in [-0.3, -0.25) is 4.79 Å². The Balaban J connectivity index is 2.46. The smallest absolute Gasteiger partial charge is 0.185 e. The predicted octanol–water partition coefficient (Wildman–Crippen LogP) is 3.50. The molecular weight excluding hydrogens is 244 g/mol. The summed E-state index contributed by atoms with van der Waals surface area (Å²) in [6.45, 7) is 4.38. The number of hydrogen-bond donors (Lipinski definition) is 0. The molecule has 18 heavy (non-hydrogen) atoms. The van der Waals surface area contributed by atoms with Crippen molar-refractivity contribution in [1.82, 2.24) is 0 Å². The van der Waals surface area contributed by atoms with Gasteiger partial charge >= 0.3 is 0 Å². The highest BCUT2D eigenvalue weighted by atomic mass is 32.2. The number of carbonyl (C=O) groups excluding carboxylic acids is 1. The predicted molar refractivity (Wildman–Crippen MR) is 76.9 cm³/mol. The van der Waals surface area contributed by atoms with E-state index in [0.29, 0.717) is 0 Å². The lowest BCUT2D eigenvalue weighted by Gasteiger charge is -2.03. The second kappa shape index (κ2) is 8.66. The maximum atomic E-state index is 10.7. The van der Waals surface area contributed by atoms with Crippen LogP contribution in [0.4, 0.5) is 0 Å². The van der Waals surface area contributed by atoms with Crippen molar-refractivity contribution in [3.8, 4) is 17.6 Å². The summed E-state index contributed by atoms with van der Waals surface area (Å²) in [6, 6.07) is 7.79. The van der Waals surface area contributed by atoms with Gasteiger partial charge in [0.15, 0.2) is 5.12 Å². The van der Waals surface area contributed by atoms with Gasteiger partial charge in [0.1, 0.15) is 5.75 Å². The zero-order chi connectivity index (χ0) is 13.2. The van der Waals surface area contributed by atoms with E-state index in [1.807, 2.05) is 24.3 Å². The van der Waals surface area contributed by atoms with Gasteiger partial charge in [0, 0.05) is 24.7 Å². The van der Waals surface area contributed by atoms with Gasteiger partial charge in [-0.2, -0.15) is 0 Å². The molecule has 0 fully saturated rings. The molecule has 0 atom stereocenters. The van der Waals surface area contributed by atoms with Crippen molar-refractivity contribution >= 4 is 16.9 Å². The van der Waals surface area contributed by atoms with Crippen molar-refractivity contribution in [2.75, 3.05) is 12.4 Å². The molecular formula is C15H18O2S. The molecule has 0 aliphatic carbocycles. The number of rotatable bonds is 5. The molecule has 0 unspecified atom stereocenters. The summed E-state index contributed by atoms with van der Waals surface area (Å²) in [5, 5.41) is 0.145. The van der Waals surface area contributed by atoms with Crippen LogP contribution in [0.25, 0.3) is 0 Å². The van der Waals surface area contributed by atoms with Gasteiger partial charge in [0.25, 0.3) is 0 Å². The Morgan fingerprint density at radius 2 is 2.28 bits per heavy atom. The molecule has 0 aromatic heterocycles. The molecule has 3 heteroatoms. The number of benzene rings is 1. The fraction of sp³-hybridized carbons (Fsp3) is 0.400. The Morgan fingerprint density at radius 3 is 3.00 bits per heavy atom. The zero-order valence-electron chi connectivity index (χ0n) is 10.9. The lowest BCUT2D eigenvalue weighted by molar-refractivity contribution is -0.109. The zero-order valence-corrected chi connectivity index (χ0v) is 11.7. The first-order valence-electron chi connectivity index (χ1n) is 6.07. The quantitative estimate of drug-likeness (QED) is 0.600. The van der Waals surface area contributed by atoms with Crippen LogP contribution in [0, 0.1) is 11.8 Å². The molecule has 1 aromatic carbocycles. The summed E-state index contributed by atoms with van der Waals surface area (Å²) >= 11 is 1.31. The Bertz CT molecular complexity index is 443. The van der Waals surface area contributed by atoms with Crippen LogP contribution < -0.4 is 4.74 Å². The molecule has 0 spiro atoms. The van der Waals surface area contributed by atoms with E-state index >= 15 is 0 Å². The van der Waals surface area contributed by atoms with Gasteiger partial charge < -0.3 is 4.74 Å². The van der Waals surface area contributed by atoms with E-state index in [9.17, 15) is 4.79 Å². The average molecular weight is 262 g/mol. The highest BCUT2D eigenvalue weighted by Gasteiger charge is 1.94. The molecule has 1 aromatic rings. The minimum absolute atomic E-state index is 0.145. The monoisotopic (exact) mass is 262 g/mol. The van der Waals surface area contributed by atoms with Crippen LogP contribution in [-0.4, -0.2) is 17.5 Å². The molecule has 0 aliphatic rings. The highest BCUT2D eigenvalue weighted by molar-refractivity contribution is 8.13. The Labute approximate surface area is 113 Å². The van der Waals surface area contributed by atoms with Gasteiger partial charge in [-0.25, -0.2) is 0 Å². The van der Waals surface area contributed by atoms with Crippen LogP contribution in [0.5, 0.6) is 5.75 Å². The summed E-state index contributed by atoms with van der Waals surface area (Å²) < 4.78 is 5.54. The van der Waals surface area contributed by atoms with E-state index in [0.717, 1.165) is 36.5 Å². The maximum Gasteiger partial charge on any atom is 0.185 e. The normalized spacial score (nSPS) is 9.44. The van der Waals surface area contributed by atoms with E-state index in [4.69, 9.17) is 4.74 Å². The molecule has 96 valence electrons. The summed E-state index contributed by atoms with van der Waals surface area (Å²) in [5.74, 6) is 7.76. The first kappa shape index (κ1) is 14.7. The van der Waals surface area contributed by atoms with Crippen LogP contribution in [0.2, 0.25) is 0 Å². The maximum absolute atomic E-state index is 10.7. The Kier molecular flexibility index (Phi) is 7.05. The van der Waals surface area contributed by atoms with E-state index in [1.165, 1.54) is 11.8 Å². The summed E-state index contributed by atoms with van der Waals surface area (Å²) in [6.07, 6.45) is 1.72. The third-order valence-corrected chi connectivity index (χ3v) is 2.89. The molecule has 1 rings (SSSR count). The standard InChI is InChI=1S/C15H18O2S/c1-3-10-17-15-9-6-8-14(12-15)7-4-5-11-18-13(2)16/h6,8-9,12H,3,5,10-11H2,1-2H3. The van der Waals surface area contributed by atoms with Crippen molar-refractivity contribution in [3.05, 3.63) is 29.8 Å². The van der Waals surface area contributed by atoms with Crippen molar-refractivity contribution < 1.29 is 9.53 Å². The third kappa shape index (κ3) is 6.36. The van der Waals surface area contributed by atoms with Gasteiger partial charge in [-0.15, -0.1) is 0 Å².